The smallest absolute Gasteiger partial charge is 0.283 e. The molecule has 2 heterocycles. The lowest BCUT2D eigenvalue weighted by atomic mass is 10.1. The third-order valence-corrected chi connectivity index (χ3v) is 6.97. The standard InChI is InChI=1S/C25H20ClN5O2S/c1-13-7-9-17(11-14(13)2)27-22(32)16-8-10-18-21(12-16)29-25-31(23(18)33)30-24(34-25)28-20-6-4-5-19(26)15(20)3/h4-12H,1-3H3,(H,27,32)(H,28,30). The second-order valence-electron chi connectivity index (χ2n) is 8.04. The molecule has 2 aromatic heterocycles. The van der Waals surface area contributed by atoms with Gasteiger partial charge in [0.15, 0.2) is 0 Å². The van der Waals surface area contributed by atoms with Crippen LogP contribution in [0.2, 0.25) is 5.02 Å². The SMILES string of the molecule is Cc1ccc(NC(=O)c2ccc3c(=O)n4nc(Nc5cccc(Cl)c5C)sc4nc3c2)cc1C. The molecule has 2 N–H and O–H groups in total. The first kappa shape index (κ1) is 22.1. The number of amides is 1. The van der Waals surface area contributed by atoms with Crippen molar-refractivity contribution in [1.82, 2.24) is 14.6 Å². The van der Waals surface area contributed by atoms with Gasteiger partial charge in [0.25, 0.3) is 11.5 Å². The Kier molecular flexibility index (Phi) is 5.55. The molecular weight excluding hydrogens is 470 g/mol. The lowest BCUT2D eigenvalue weighted by Gasteiger charge is -2.08. The fourth-order valence-electron chi connectivity index (χ4n) is 3.58. The highest BCUT2D eigenvalue weighted by molar-refractivity contribution is 7.20. The lowest BCUT2D eigenvalue weighted by molar-refractivity contribution is 0.102. The summed E-state index contributed by atoms with van der Waals surface area (Å²) in [4.78, 5) is 30.9. The topological polar surface area (TPSA) is 88.4 Å². The van der Waals surface area contributed by atoms with Crippen LogP contribution >= 0.6 is 22.9 Å². The summed E-state index contributed by atoms with van der Waals surface area (Å²) < 4.78 is 1.27. The zero-order valence-electron chi connectivity index (χ0n) is 18.6. The van der Waals surface area contributed by atoms with Crippen LogP contribution in [-0.4, -0.2) is 20.5 Å². The Balaban J connectivity index is 1.49. The molecule has 0 atom stereocenters. The van der Waals surface area contributed by atoms with Gasteiger partial charge in [-0.2, -0.15) is 4.52 Å². The summed E-state index contributed by atoms with van der Waals surface area (Å²) in [6.07, 6.45) is 0. The summed E-state index contributed by atoms with van der Waals surface area (Å²) in [6, 6.07) is 16.2. The molecule has 1 amide bonds. The fourth-order valence-corrected chi connectivity index (χ4v) is 4.57. The normalized spacial score (nSPS) is 11.2. The van der Waals surface area contributed by atoms with Crippen LogP contribution in [-0.2, 0) is 0 Å². The Morgan fingerprint density at radius 1 is 1.03 bits per heavy atom. The van der Waals surface area contributed by atoms with Crippen molar-refractivity contribution in [2.24, 2.45) is 0 Å². The third-order valence-electron chi connectivity index (χ3n) is 5.73. The van der Waals surface area contributed by atoms with Crippen molar-refractivity contribution >= 4 is 61.2 Å². The van der Waals surface area contributed by atoms with E-state index in [2.05, 4.69) is 20.7 Å². The number of rotatable bonds is 4. The van der Waals surface area contributed by atoms with Crippen molar-refractivity contribution in [3.8, 4) is 0 Å². The van der Waals surface area contributed by atoms with E-state index in [1.165, 1.54) is 15.9 Å². The van der Waals surface area contributed by atoms with Crippen LogP contribution in [0.4, 0.5) is 16.5 Å². The number of nitrogens with zero attached hydrogens (tertiary/aromatic N) is 3. The predicted octanol–water partition coefficient (Wildman–Crippen LogP) is 5.88. The molecule has 5 aromatic rings. The number of halogens is 1. The van der Waals surface area contributed by atoms with Gasteiger partial charge in [-0.05, 0) is 79.9 Å². The van der Waals surface area contributed by atoms with E-state index in [1.54, 1.807) is 18.2 Å². The molecule has 0 saturated carbocycles. The highest BCUT2D eigenvalue weighted by atomic mass is 35.5. The fraction of sp³-hybridized carbons (Fsp3) is 0.120. The van der Waals surface area contributed by atoms with Gasteiger partial charge in [-0.3, -0.25) is 9.59 Å². The van der Waals surface area contributed by atoms with Crippen LogP contribution in [0.25, 0.3) is 15.9 Å². The van der Waals surface area contributed by atoms with E-state index in [9.17, 15) is 9.59 Å². The Bertz CT molecular complexity index is 1660. The van der Waals surface area contributed by atoms with Crippen molar-refractivity contribution in [3.63, 3.8) is 0 Å². The van der Waals surface area contributed by atoms with E-state index in [4.69, 9.17) is 11.6 Å². The quantitative estimate of drug-likeness (QED) is 0.329. The molecule has 0 spiro atoms. The molecule has 0 unspecified atom stereocenters. The molecule has 34 heavy (non-hydrogen) atoms. The van der Waals surface area contributed by atoms with Gasteiger partial charge >= 0.3 is 0 Å². The number of aromatic nitrogens is 3. The summed E-state index contributed by atoms with van der Waals surface area (Å²) in [5, 5.41) is 12.0. The second kappa shape index (κ2) is 8.55. The van der Waals surface area contributed by atoms with Gasteiger partial charge in [-0.1, -0.05) is 35.1 Å². The first-order valence-electron chi connectivity index (χ1n) is 10.5. The van der Waals surface area contributed by atoms with Crippen LogP contribution in [0, 0.1) is 20.8 Å². The molecule has 0 aliphatic heterocycles. The average molecular weight is 490 g/mol. The summed E-state index contributed by atoms with van der Waals surface area (Å²) in [5.74, 6) is -0.268. The minimum atomic E-state index is -0.298. The Morgan fingerprint density at radius 2 is 1.85 bits per heavy atom. The van der Waals surface area contributed by atoms with E-state index in [0.717, 1.165) is 22.4 Å². The van der Waals surface area contributed by atoms with Gasteiger partial charge in [0.2, 0.25) is 10.1 Å². The summed E-state index contributed by atoms with van der Waals surface area (Å²) in [7, 11) is 0. The summed E-state index contributed by atoms with van der Waals surface area (Å²) >= 11 is 7.45. The lowest BCUT2D eigenvalue weighted by Crippen LogP contribution is -2.17. The van der Waals surface area contributed by atoms with E-state index in [1.807, 2.05) is 57.2 Å². The van der Waals surface area contributed by atoms with Gasteiger partial charge in [0.05, 0.1) is 10.9 Å². The number of nitrogens with one attached hydrogen (secondary N) is 2. The van der Waals surface area contributed by atoms with E-state index in [-0.39, 0.29) is 11.5 Å². The maximum atomic E-state index is 13.0. The zero-order chi connectivity index (χ0) is 24.0. The van der Waals surface area contributed by atoms with E-state index < -0.39 is 0 Å². The molecule has 0 aliphatic rings. The third kappa shape index (κ3) is 4.02. The minimum absolute atomic E-state index is 0.268. The maximum absolute atomic E-state index is 13.0. The molecule has 0 saturated heterocycles. The van der Waals surface area contributed by atoms with Gasteiger partial charge in [-0.15, -0.1) is 5.10 Å². The molecule has 7 nitrogen and oxygen atoms in total. The number of fused-ring (bicyclic) bond motifs is 2. The molecule has 0 radical (unpaired) electrons. The molecule has 0 fully saturated rings. The van der Waals surface area contributed by atoms with Crippen LogP contribution in [0.5, 0.6) is 0 Å². The van der Waals surface area contributed by atoms with Crippen LogP contribution in [0.15, 0.2) is 59.4 Å². The van der Waals surface area contributed by atoms with Crippen molar-refractivity contribution in [1.29, 1.82) is 0 Å². The Morgan fingerprint density at radius 3 is 2.65 bits per heavy atom. The van der Waals surface area contributed by atoms with Crippen molar-refractivity contribution in [3.05, 3.63) is 92.2 Å². The highest BCUT2D eigenvalue weighted by Gasteiger charge is 2.15. The van der Waals surface area contributed by atoms with Gasteiger partial charge in [0.1, 0.15) is 0 Å². The Labute approximate surface area is 204 Å². The van der Waals surface area contributed by atoms with Gasteiger partial charge in [-0.25, -0.2) is 4.98 Å². The maximum Gasteiger partial charge on any atom is 0.283 e. The highest BCUT2D eigenvalue weighted by Crippen LogP contribution is 2.28. The first-order chi connectivity index (χ1) is 16.3. The van der Waals surface area contributed by atoms with Crippen LogP contribution in [0.1, 0.15) is 27.0 Å². The minimum Gasteiger partial charge on any atom is -0.330 e. The largest absolute Gasteiger partial charge is 0.330 e. The van der Waals surface area contributed by atoms with Crippen molar-refractivity contribution in [2.45, 2.75) is 20.8 Å². The van der Waals surface area contributed by atoms with Gasteiger partial charge in [0, 0.05) is 22.0 Å². The molecule has 3 aromatic carbocycles. The number of hydrogen-bond acceptors (Lipinski definition) is 6. The molecule has 5 rings (SSSR count). The first-order valence-corrected chi connectivity index (χ1v) is 11.7. The Hall–Kier alpha value is -3.75. The molecule has 0 bridgehead atoms. The molecular formula is C25H20ClN5O2S. The second-order valence-corrected chi connectivity index (χ2v) is 9.40. The number of carbonyl (C=O) groups excluding carboxylic acids is 1. The summed E-state index contributed by atoms with van der Waals surface area (Å²) in [6.45, 7) is 5.92. The predicted molar refractivity (Wildman–Crippen MR) is 138 cm³/mol. The van der Waals surface area contributed by atoms with E-state index >= 15 is 0 Å². The number of benzene rings is 3. The number of aryl methyl sites for hydroxylation is 2. The molecule has 0 aliphatic carbocycles. The molecule has 170 valence electrons. The van der Waals surface area contributed by atoms with Crippen LogP contribution < -0.4 is 16.2 Å². The number of carbonyl (C=O) groups is 1. The van der Waals surface area contributed by atoms with Crippen molar-refractivity contribution in [2.75, 3.05) is 10.6 Å². The molecule has 9 heteroatoms. The van der Waals surface area contributed by atoms with Crippen LogP contribution in [0.3, 0.4) is 0 Å². The summed E-state index contributed by atoms with van der Waals surface area (Å²) in [5.41, 5.74) is 5.20. The zero-order valence-corrected chi connectivity index (χ0v) is 20.2. The van der Waals surface area contributed by atoms with Crippen molar-refractivity contribution < 1.29 is 4.79 Å². The number of hydrogen-bond donors (Lipinski definition) is 2. The number of anilines is 3. The average Bonchev–Trinajstić information content (AvgIpc) is 3.22. The monoisotopic (exact) mass is 489 g/mol. The van der Waals surface area contributed by atoms with Gasteiger partial charge < -0.3 is 10.6 Å². The van der Waals surface area contributed by atoms with E-state index in [0.29, 0.717) is 37.3 Å².